The molecule has 1 heterocycles. The highest BCUT2D eigenvalue weighted by Gasteiger charge is 2.29. The number of hydrogen-bond donors (Lipinski definition) is 2. The second-order valence-electron chi connectivity index (χ2n) is 5.92. The Balaban J connectivity index is 1.87. The van der Waals surface area contributed by atoms with Crippen LogP contribution in [0.3, 0.4) is 0 Å². The van der Waals surface area contributed by atoms with Gasteiger partial charge in [0, 0.05) is 11.1 Å². The molecule has 6 heteroatoms. The molecule has 0 saturated heterocycles. The molecule has 2 aromatic carbocycles. The Morgan fingerprint density at radius 2 is 2.00 bits per heavy atom. The lowest BCUT2D eigenvalue weighted by atomic mass is 10.00. The van der Waals surface area contributed by atoms with Gasteiger partial charge in [0.25, 0.3) is 5.91 Å². The number of carbonyl (C=O) groups excluding carboxylic acids is 1. The van der Waals surface area contributed by atoms with E-state index in [0.717, 1.165) is 12.8 Å². The number of halogens is 1. The third kappa shape index (κ3) is 2.76. The average molecular weight is 325 g/mol. The van der Waals surface area contributed by atoms with E-state index in [4.69, 9.17) is 10.5 Å². The highest BCUT2D eigenvalue weighted by atomic mass is 19.1. The first-order valence-electron chi connectivity index (χ1n) is 7.82. The first-order chi connectivity index (χ1) is 11.6. The van der Waals surface area contributed by atoms with E-state index in [0.29, 0.717) is 28.3 Å². The first kappa shape index (κ1) is 14.8. The number of fused-ring (bicyclic) bond motifs is 1. The second-order valence-corrected chi connectivity index (χ2v) is 5.92. The van der Waals surface area contributed by atoms with Crippen LogP contribution in [0.15, 0.2) is 47.5 Å². The Bertz CT molecular complexity index is 846. The van der Waals surface area contributed by atoms with Gasteiger partial charge in [-0.05, 0) is 31.0 Å². The molecule has 0 radical (unpaired) electrons. The monoisotopic (exact) mass is 325 g/mol. The molecule has 2 aromatic rings. The summed E-state index contributed by atoms with van der Waals surface area (Å²) in [6.45, 7) is 0. The van der Waals surface area contributed by atoms with Gasteiger partial charge in [0.15, 0.2) is 6.17 Å². The quantitative estimate of drug-likeness (QED) is 0.910. The largest absolute Gasteiger partial charge is 0.488 e. The van der Waals surface area contributed by atoms with Gasteiger partial charge in [0.1, 0.15) is 11.6 Å². The van der Waals surface area contributed by atoms with Crippen molar-refractivity contribution in [1.82, 2.24) is 0 Å². The number of rotatable bonds is 3. The Hall–Kier alpha value is -2.73. The molecule has 0 bridgehead atoms. The summed E-state index contributed by atoms with van der Waals surface area (Å²) in [7, 11) is 0. The number of benzodiazepines with no additional fused rings is 1. The van der Waals surface area contributed by atoms with Crippen LogP contribution in [0, 0.1) is 5.82 Å². The molecule has 1 amide bonds. The lowest BCUT2D eigenvalue weighted by Gasteiger charge is -2.15. The van der Waals surface area contributed by atoms with Crippen LogP contribution in [0.2, 0.25) is 0 Å². The summed E-state index contributed by atoms with van der Waals surface area (Å²) in [5, 5.41) is 2.79. The Labute approximate surface area is 138 Å². The molecule has 1 aliphatic heterocycles. The van der Waals surface area contributed by atoms with Gasteiger partial charge < -0.3 is 15.8 Å². The van der Waals surface area contributed by atoms with Crippen molar-refractivity contribution in [2.24, 2.45) is 10.7 Å². The van der Waals surface area contributed by atoms with E-state index in [1.54, 1.807) is 18.2 Å². The fourth-order valence-corrected chi connectivity index (χ4v) is 2.65. The smallest absolute Gasteiger partial charge is 0.263 e. The van der Waals surface area contributed by atoms with Crippen LogP contribution in [0.25, 0.3) is 0 Å². The molecule has 24 heavy (non-hydrogen) atoms. The lowest BCUT2D eigenvalue weighted by molar-refractivity contribution is -0.117. The molecule has 2 aliphatic rings. The van der Waals surface area contributed by atoms with Gasteiger partial charge in [-0.2, -0.15) is 0 Å². The SMILES string of the molecule is NC1N=C(c2cccc(F)c2)c2cccc(OC3CC3)c2NC1=O. The molecule has 1 atom stereocenters. The zero-order valence-corrected chi connectivity index (χ0v) is 12.8. The molecule has 0 aromatic heterocycles. The van der Waals surface area contributed by atoms with E-state index in [1.165, 1.54) is 12.1 Å². The number of benzene rings is 2. The van der Waals surface area contributed by atoms with E-state index in [1.807, 2.05) is 12.1 Å². The standard InChI is InChI=1S/C18H16FN3O2/c19-11-4-1-3-10(9-11)15-13-5-2-6-14(24-12-7-8-12)16(13)22-18(23)17(20)21-15/h1-6,9,12,17H,7-8,20H2,(H,22,23). The number of anilines is 1. The summed E-state index contributed by atoms with van der Waals surface area (Å²) < 4.78 is 19.5. The molecule has 0 spiro atoms. The van der Waals surface area contributed by atoms with Crippen molar-refractivity contribution in [3.05, 3.63) is 59.4 Å². The van der Waals surface area contributed by atoms with E-state index < -0.39 is 12.1 Å². The van der Waals surface area contributed by atoms with Gasteiger partial charge in [0.05, 0.1) is 17.5 Å². The number of para-hydroxylation sites is 1. The van der Waals surface area contributed by atoms with Gasteiger partial charge in [-0.25, -0.2) is 4.39 Å². The topological polar surface area (TPSA) is 76.7 Å². The first-order valence-corrected chi connectivity index (χ1v) is 7.82. The van der Waals surface area contributed by atoms with Gasteiger partial charge in [-0.3, -0.25) is 9.79 Å². The minimum atomic E-state index is -1.07. The number of hydrogen-bond acceptors (Lipinski definition) is 4. The van der Waals surface area contributed by atoms with Crippen molar-refractivity contribution in [3.8, 4) is 5.75 Å². The lowest BCUT2D eigenvalue weighted by Crippen LogP contribution is -2.33. The van der Waals surface area contributed by atoms with E-state index in [-0.39, 0.29) is 11.9 Å². The summed E-state index contributed by atoms with van der Waals surface area (Å²) >= 11 is 0. The summed E-state index contributed by atoms with van der Waals surface area (Å²) in [5.74, 6) is -0.213. The third-order valence-corrected chi connectivity index (χ3v) is 3.98. The van der Waals surface area contributed by atoms with Crippen LogP contribution in [-0.2, 0) is 4.79 Å². The average Bonchev–Trinajstić information content (AvgIpc) is 3.38. The predicted molar refractivity (Wildman–Crippen MR) is 88.7 cm³/mol. The Kier molecular flexibility index (Phi) is 3.54. The number of carbonyl (C=O) groups is 1. The molecular formula is C18H16FN3O2. The maximum absolute atomic E-state index is 13.6. The Morgan fingerprint density at radius 1 is 1.21 bits per heavy atom. The second kappa shape index (κ2) is 5.72. The summed E-state index contributed by atoms with van der Waals surface area (Å²) in [6.07, 6.45) is 1.12. The molecule has 122 valence electrons. The molecule has 1 unspecified atom stereocenters. The van der Waals surface area contributed by atoms with Crippen molar-refractivity contribution in [2.45, 2.75) is 25.1 Å². The maximum atomic E-state index is 13.6. The zero-order chi connectivity index (χ0) is 16.7. The number of nitrogens with one attached hydrogen (secondary N) is 1. The van der Waals surface area contributed by atoms with Crippen LogP contribution in [0.1, 0.15) is 24.0 Å². The van der Waals surface area contributed by atoms with Gasteiger partial charge in [0.2, 0.25) is 0 Å². The fraction of sp³-hybridized carbons (Fsp3) is 0.222. The highest BCUT2D eigenvalue weighted by molar-refractivity contribution is 6.20. The van der Waals surface area contributed by atoms with Crippen molar-refractivity contribution < 1.29 is 13.9 Å². The van der Waals surface area contributed by atoms with Crippen LogP contribution < -0.4 is 15.8 Å². The fourth-order valence-electron chi connectivity index (χ4n) is 2.65. The molecule has 4 rings (SSSR count). The number of nitrogens with zero attached hydrogens (tertiary/aromatic N) is 1. The molecule has 1 fully saturated rings. The number of nitrogens with two attached hydrogens (primary N) is 1. The molecular weight excluding hydrogens is 309 g/mol. The van der Waals surface area contributed by atoms with Crippen LogP contribution in [0.5, 0.6) is 5.75 Å². The van der Waals surface area contributed by atoms with E-state index >= 15 is 0 Å². The number of ether oxygens (including phenoxy) is 1. The minimum Gasteiger partial charge on any atom is -0.488 e. The molecule has 1 aliphatic carbocycles. The molecule has 5 nitrogen and oxygen atoms in total. The summed E-state index contributed by atoms with van der Waals surface area (Å²) in [4.78, 5) is 16.5. The summed E-state index contributed by atoms with van der Waals surface area (Å²) in [6, 6.07) is 11.5. The Morgan fingerprint density at radius 3 is 2.75 bits per heavy atom. The molecule has 1 saturated carbocycles. The van der Waals surface area contributed by atoms with Gasteiger partial charge in [-0.1, -0.05) is 24.3 Å². The number of aliphatic imine (C=N–C) groups is 1. The van der Waals surface area contributed by atoms with Gasteiger partial charge in [-0.15, -0.1) is 0 Å². The highest BCUT2D eigenvalue weighted by Crippen LogP contribution is 2.36. The molecule has 3 N–H and O–H groups in total. The van der Waals surface area contributed by atoms with Crippen molar-refractivity contribution in [3.63, 3.8) is 0 Å². The van der Waals surface area contributed by atoms with Crippen molar-refractivity contribution >= 4 is 17.3 Å². The van der Waals surface area contributed by atoms with E-state index in [9.17, 15) is 9.18 Å². The minimum absolute atomic E-state index is 0.180. The van der Waals surface area contributed by atoms with Crippen LogP contribution in [0.4, 0.5) is 10.1 Å². The van der Waals surface area contributed by atoms with Crippen LogP contribution in [-0.4, -0.2) is 23.9 Å². The predicted octanol–water partition coefficient (Wildman–Crippen LogP) is 2.44. The maximum Gasteiger partial charge on any atom is 0.263 e. The normalized spacial score (nSPS) is 19.8. The third-order valence-electron chi connectivity index (χ3n) is 3.98. The van der Waals surface area contributed by atoms with Crippen molar-refractivity contribution in [1.29, 1.82) is 0 Å². The zero-order valence-electron chi connectivity index (χ0n) is 12.8. The summed E-state index contributed by atoms with van der Waals surface area (Å²) in [5.41, 5.74) is 8.08. The van der Waals surface area contributed by atoms with Crippen LogP contribution >= 0.6 is 0 Å². The van der Waals surface area contributed by atoms with Crippen molar-refractivity contribution in [2.75, 3.05) is 5.32 Å². The van der Waals surface area contributed by atoms with Gasteiger partial charge >= 0.3 is 0 Å². The van der Waals surface area contributed by atoms with E-state index in [2.05, 4.69) is 10.3 Å². The number of amides is 1.